The van der Waals surface area contributed by atoms with E-state index in [-0.39, 0.29) is 17.9 Å². The van der Waals surface area contributed by atoms with Crippen LogP contribution in [0.5, 0.6) is 0 Å². The molecule has 0 amide bonds. The van der Waals surface area contributed by atoms with E-state index in [4.69, 9.17) is 9.84 Å². The van der Waals surface area contributed by atoms with Crippen molar-refractivity contribution in [3.8, 4) is 0 Å². The van der Waals surface area contributed by atoms with Crippen LogP contribution in [0.2, 0.25) is 0 Å². The highest BCUT2D eigenvalue weighted by molar-refractivity contribution is 5.93. The maximum atomic E-state index is 13.6. The molecular weight excluding hydrogens is 251 g/mol. The lowest BCUT2D eigenvalue weighted by Crippen LogP contribution is -2.07. The summed E-state index contributed by atoms with van der Waals surface area (Å²) in [7, 11) is 1.45. The summed E-state index contributed by atoms with van der Waals surface area (Å²) in [6.07, 6.45) is 0.448. The Morgan fingerprint density at radius 3 is 2.63 bits per heavy atom. The molecule has 0 spiro atoms. The number of fused-ring (bicyclic) bond motifs is 1. The molecule has 0 bridgehead atoms. The molecule has 0 unspecified atom stereocenters. The molecule has 0 radical (unpaired) electrons. The van der Waals surface area contributed by atoms with E-state index < -0.39 is 11.8 Å². The highest BCUT2D eigenvalue weighted by Crippen LogP contribution is 2.19. The number of halogens is 1. The molecule has 2 heterocycles. The second-order valence-corrected chi connectivity index (χ2v) is 4.04. The van der Waals surface area contributed by atoms with Gasteiger partial charge in [0.2, 0.25) is 0 Å². The first-order valence-electron chi connectivity index (χ1n) is 5.78. The van der Waals surface area contributed by atoms with Crippen molar-refractivity contribution in [1.82, 2.24) is 9.97 Å². The molecule has 100 valence electrons. The molecule has 0 aromatic carbocycles. The van der Waals surface area contributed by atoms with E-state index in [0.29, 0.717) is 23.1 Å². The number of carboxylic acid groups (broad SMARTS) is 1. The molecule has 19 heavy (non-hydrogen) atoms. The normalized spacial score (nSPS) is 10.9. The van der Waals surface area contributed by atoms with Gasteiger partial charge in [-0.05, 0) is 18.6 Å². The van der Waals surface area contributed by atoms with Crippen molar-refractivity contribution in [3.63, 3.8) is 0 Å². The summed E-state index contributed by atoms with van der Waals surface area (Å²) in [5.74, 6) is -1.57. The third kappa shape index (κ3) is 2.53. The molecule has 2 aromatic heterocycles. The Balaban J connectivity index is 2.70. The summed E-state index contributed by atoms with van der Waals surface area (Å²) in [5.41, 5.74) is 0.921. The Morgan fingerprint density at radius 1 is 1.37 bits per heavy atom. The summed E-state index contributed by atoms with van der Waals surface area (Å²) in [4.78, 5) is 19.4. The highest BCUT2D eigenvalue weighted by atomic mass is 19.1. The first kappa shape index (κ1) is 13.4. The van der Waals surface area contributed by atoms with E-state index in [2.05, 4.69) is 9.97 Å². The van der Waals surface area contributed by atoms with Crippen molar-refractivity contribution in [2.45, 2.75) is 20.0 Å². The van der Waals surface area contributed by atoms with Gasteiger partial charge in [-0.1, -0.05) is 6.92 Å². The van der Waals surface area contributed by atoms with Crippen molar-refractivity contribution >= 4 is 17.0 Å². The lowest BCUT2D eigenvalue weighted by atomic mass is 10.1. The molecule has 0 aliphatic carbocycles. The van der Waals surface area contributed by atoms with E-state index in [0.717, 1.165) is 0 Å². The van der Waals surface area contributed by atoms with Crippen molar-refractivity contribution in [2.75, 3.05) is 7.11 Å². The largest absolute Gasteiger partial charge is 0.478 e. The van der Waals surface area contributed by atoms with Gasteiger partial charge in [0.15, 0.2) is 5.65 Å². The molecule has 6 heteroatoms. The Kier molecular flexibility index (Phi) is 3.71. The fourth-order valence-electron chi connectivity index (χ4n) is 1.83. The van der Waals surface area contributed by atoms with Crippen molar-refractivity contribution in [3.05, 3.63) is 34.9 Å². The number of carbonyl (C=O) groups is 1. The van der Waals surface area contributed by atoms with E-state index >= 15 is 0 Å². The van der Waals surface area contributed by atoms with Crippen LogP contribution < -0.4 is 0 Å². The molecular formula is C13H13FN2O3. The van der Waals surface area contributed by atoms with E-state index in [9.17, 15) is 9.18 Å². The maximum Gasteiger partial charge on any atom is 0.337 e. The maximum absolute atomic E-state index is 13.6. The Labute approximate surface area is 109 Å². The molecule has 0 saturated heterocycles. The van der Waals surface area contributed by atoms with Crippen LogP contribution in [-0.2, 0) is 17.8 Å². The minimum Gasteiger partial charge on any atom is -0.478 e. The van der Waals surface area contributed by atoms with Crippen LogP contribution in [0.3, 0.4) is 0 Å². The third-order valence-electron chi connectivity index (χ3n) is 2.75. The van der Waals surface area contributed by atoms with E-state index in [1.54, 1.807) is 6.92 Å². The van der Waals surface area contributed by atoms with Crippen LogP contribution in [0.1, 0.15) is 28.7 Å². The molecule has 0 aliphatic heterocycles. The van der Waals surface area contributed by atoms with Crippen LogP contribution in [0.4, 0.5) is 4.39 Å². The molecule has 0 saturated carbocycles. The van der Waals surface area contributed by atoms with Gasteiger partial charge in [-0.2, -0.15) is 0 Å². The van der Waals surface area contributed by atoms with Crippen molar-refractivity contribution in [1.29, 1.82) is 0 Å². The Hall–Kier alpha value is -2.08. The van der Waals surface area contributed by atoms with Crippen molar-refractivity contribution < 1.29 is 19.0 Å². The van der Waals surface area contributed by atoms with Gasteiger partial charge >= 0.3 is 5.97 Å². The molecule has 0 atom stereocenters. The van der Waals surface area contributed by atoms with Gasteiger partial charge in [0.05, 0.1) is 23.6 Å². The third-order valence-corrected chi connectivity index (χ3v) is 2.75. The average Bonchev–Trinajstić information content (AvgIpc) is 2.37. The molecule has 5 nitrogen and oxygen atoms in total. The van der Waals surface area contributed by atoms with Crippen LogP contribution in [0.15, 0.2) is 12.1 Å². The summed E-state index contributed by atoms with van der Waals surface area (Å²) < 4.78 is 18.6. The smallest absolute Gasteiger partial charge is 0.337 e. The van der Waals surface area contributed by atoms with Crippen LogP contribution in [-0.4, -0.2) is 28.2 Å². The van der Waals surface area contributed by atoms with Gasteiger partial charge in [-0.3, -0.25) is 0 Å². The lowest BCUT2D eigenvalue weighted by Gasteiger charge is -2.08. The van der Waals surface area contributed by atoms with Crippen molar-refractivity contribution in [2.24, 2.45) is 0 Å². The van der Waals surface area contributed by atoms with Crippen LogP contribution in [0.25, 0.3) is 11.0 Å². The van der Waals surface area contributed by atoms with Gasteiger partial charge in [0.1, 0.15) is 5.82 Å². The number of pyridine rings is 2. The number of ether oxygens (including phenoxy) is 1. The zero-order valence-corrected chi connectivity index (χ0v) is 10.6. The first-order chi connectivity index (χ1) is 9.06. The minimum absolute atomic E-state index is 0.000187. The van der Waals surface area contributed by atoms with Gasteiger partial charge in [-0.15, -0.1) is 0 Å². The van der Waals surface area contributed by atoms with Gasteiger partial charge in [-0.25, -0.2) is 19.2 Å². The molecule has 0 fully saturated rings. The molecule has 2 rings (SSSR count). The van der Waals surface area contributed by atoms with Gasteiger partial charge in [0.25, 0.3) is 0 Å². The zero-order chi connectivity index (χ0) is 14.0. The van der Waals surface area contributed by atoms with Gasteiger partial charge < -0.3 is 9.84 Å². The second-order valence-electron chi connectivity index (χ2n) is 4.04. The number of aromatic carboxylic acids is 1. The second kappa shape index (κ2) is 5.27. The number of hydrogen-bond acceptors (Lipinski definition) is 4. The predicted molar refractivity (Wildman–Crippen MR) is 66.5 cm³/mol. The Morgan fingerprint density at radius 2 is 2.05 bits per heavy atom. The number of hydrogen-bond donors (Lipinski definition) is 1. The predicted octanol–water partition coefficient (Wildman–Crippen LogP) is 2.18. The first-order valence-corrected chi connectivity index (χ1v) is 5.78. The van der Waals surface area contributed by atoms with E-state index in [1.165, 1.54) is 19.2 Å². The molecule has 1 N–H and O–H groups in total. The Bertz CT molecular complexity index is 643. The van der Waals surface area contributed by atoms with Crippen LogP contribution >= 0.6 is 0 Å². The summed E-state index contributed by atoms with van der Waals surface area (Å²) in [6.45, 7) is 1.86. The number of carboxylic acids is 1. The number of aromatic nitrogens is 2. The zero-order valence-electron chi connectivity index (χ0n) is 10.6. The summed E-state index contributed by atoms with van der Waals surface area (Å²) in [6, 6.07) is 2.63. The molecule has 2 aromatic rings. The fourth-order valence-corrected chi connectivity index (χ4v) is 1.83. The van der Waals surface area contributed by atoms with Crippen LogP contribution in [0, 0.1) is 5.82 Å². The highest BCUT2D eigenvalue weighted by Gasteiger charge is 2.15. The number of aryl methyl sites for hydroxylation is 1. The standard InChI is InChI=1S/C13H13FN2O3/c1-3-10-9(14)5-7-4-8(13(17)18)11(6-19-2)16-12(7)15-10/h4-5H,3,6H2,1-2H3,(H,17,18). The topological polar surface area (TPSA) is 72.3 Å². The lowest BCUT2D eigenvalue weighted by molar-refractivity contribution is 0.0691. The van der Waals surface area contributed by atoms with E-state index in [1.807, 2.05) is 0 Å². The summed E-state index contributed by atoms with van der Waals surface area (Å²) in [5, 5.41) is 9.48. The number of nitrogens with zero attached hydrogens (tertiary/aromatic N) is 2. The number of methoxy groups -OCH3 is 1. The fraction of sp³-hybridized carbons (Fsp3) is 0.308. The SMILES string of the molecule is CCc1nc2nc(COC)c(C(=O)O)cc2cc1F. The minimum atomic E-state index is -1.12. The molecule has 0 aliphatic rings. The number of rotatable bonds is 4. The monoisotopic (exact) mass is 264 g/mol. The average molecular weight is 264 g/mol. The summed E-state index contributed by atoms with van der Waals surface area (Å²) >= 11 is 0. The quantitative estimate of drug-likeness (QED) is 0.916. The van der Waals surface area contributed by atoms with Gasteiger partial charge in [0, 0.05) is 12.5 Å².